The van der Waals surface area contributed by atoms with Crippen molar-refractivity contribution in [2.45, 2.75) is 18.9 Å². The largest absolute Gasteiger partial charge is 0.507 e. The van der Waals surface area contributed by atoms with E-state index < -0.39 is 5.82 Å². The van der Waals surface area contributed by atoms with Gasteiger partial charge in [-0.05, 0) is 42.5 Å². The van der Waals surface area contributed by atoms with Gasteiger partial charge in [0.15, 0.2) is 0 Å². The molecule has 0 bridgehead atoms. The maximum atomic E-state index is 13.3. The normalized spacial score (nSPS) is 15.3. The Labute approximate surface area is 144 Å². The molecule has 1 fully saturated rings. The highest BCUT2D eigenvalue weighted by molar-refractivity contribution is 6.30. The van der Waals surface area contributed by atoms with Gasteiger partial charge in [0.2, 0.25) is 0 Å². The fourth-order valence-corrected chi connectivity index (χ4v) is 2.86. The van der Waals surface area contributed by atoms with Gasteiger partial charge in [0.1, 0.15) is 23.4 Å². The van der Waals surface area contributed by atoms with Crippen molar-refractivity contribution in [1.29, 1.82) is 0 Å². The number of amides is 1. The first kappa shape index (κ1) is 16.6. The summed E-state index contributed by atoms with van der Waals surface area (Å²) in [4.78, 5) is 14.0. The summed E-state index contributed by atoms with van der Waals surface area (Å²) in [5, 5.41) is 10.4. The third-order valence-corrected chi connectivity index (χ3v) is 4.29. The van der Waals surface area contributed by atoms with Crippen LogP contribution in [0.25, 0.3) is 0 Å². The van der Waals surface area contributed by atoms with E-state index in [1.807, 2.05) is 12.1 Å². The molecule has 24 heavy (non-hydrogen) atoms. The summed E-state index contributed by atoms with van der Waals surface area (Å²) in [5.74, 6) is -0.373. The number of piperidine rings is 1. The Morgan fingerprint density at radius 1 is 1.17 bits per heavy atom. The third-order valence-electron chi connectivity index (χ3n) is 4.03. The molecule has 126 valence electrons. The predicted octanol–water partition coefficient (Wildman–Crippen LogP) is 3.87. The molecule has 1 heterocycles. The van der Waals surface area contributed by atoms with Crippen LogP contribution in [-0.2, 0) is 0 Å². The van der Waals surface area contributed by atoms with Crippen molar-refractivity contribution in [3.8, 4) is 11.5 Å². The van der Waals surface area contributed by atoms with E-state index in [1.165, 1.54) is 6.07 Å². The predicted molar refractivity (Wildman–Crippen MR) is 89.1 cm³/mol. The number of benzene rings is 2. The lowest BCUT2D eigenvalue weighted by atomic mass is 10.1. The summed E-state index contributed by atoms with van der Waals surface area (Å²) in [6.45, 7) is 0.986. The number of carbonyl (C=O) groups is 1. The second kappa shape index (κ2) is 7.09. The van der Waals surface area contributed by atoms with Crippen molar-refractivity contribution in [2.75, 3.05) is 13.1 Å². The summed E-state index contributed by atoms with van der Waals surface area (Å²) in [6.07, 6.45) is 1.35. The lowest BCUT2D eigenvalue weighted by molar-refractivity contribution is 0.0592. The maximum absolute atomic E-state index is 13.3. The number of ether oxygens (including phenoxy) is 1. The van der Waals surface area contributed by atoms with Gasteiger partial charge in [0, 0.05) is 31.0 Å². The number of rotatable bonds is 3. The Kier molecular flexibility index (Phi) is 4.90. The highest BCUT2D eigenvalue weighted by atomic mass is 35.5. The molecule has 0 aliphatic carbocycles. The number of likely N-dealkylation sites (tertiary alicyclic amines) is 1. The van der Waals surface area contributed by atoms with E-state index in [0.29, 0.717) is 31.0 Å². The summed E-state index contributed by atoms with van der Waals surface area (Å²) < 4.78 is 19.2. The SMILES string of the molecule is O=C(c1cc(F)ccc1O)N1CCC(Oc2ccc(Cl)cc2)CC1. The first-order chi connectivity index (χ1) is 11.5. The molecule has 1 aliphatic heterocycles. The van der Waals surface area contributed by atoms with Gasteiger partial charge in [-0.3, -0.25) is 4.79 Å². The van der Waals surface area contributed by atoms with Crippen LogP contribution in [0.3, 0.4) is 0 Å². The van der Waals surface area contributed by atoms with E-state index >= 15 is 0 Å². The third kappa shape index (κ3) is 3.79. The van der Waals surface area contributed by atoms with E-state index in [0.717, 1.165) is 17.9 Å². The highest BCUT2D eigenvalue weighted by Crippen LogP contribution is 2.24. The monoisotopic (exact) mass is 349 g/mol. The van der Waals surface area contributed by atoms with Gasteiger partial charge < -0.3 is 14.7 Å². The van der Waals surface area contributed by atoms with Gasteiger partial charge in [-0.15, -0.1) is 0 Å². The van der Waals surface area contributed by atoms with Crippen LogP contribution in [0.5, 0.6) is 11.5 Å². The molecule has 1 amide bonds. The van der Waals surface area contributed by atoms with Crippen LogP contribution in [0.1, 0.15) is 23.2 Å². The van der Waals surface area contributed by atoms with Crippen LogP contribution < -0.4 is 4.74 Å². The van der Waals surface area contributed by atoms with Crippen LogP contribution in [-0.4, -0.2) is 35.1 Å². The van der Waals surface area contributed by atoms with Gasteiger partial charge in [-0.1, -0.05) is 11.6 Å². The Morgan fingerprint density at radius 2 is 1.83 bits per heavy atom. The zero-order valence-electron chi connectivity index (χ0n) is 12.9. The van der Waals surface area contributed by atoms with Crippen molar-refractivity contribution in [3.05, 3.63) is 58.9 Å². The number of phenolic OH excluding ortho intramolecular Hbond substituents is 1. The van der Waals surface area contributed by atoms with Gasteiger partial charge >= 0.3 is 0 Å². The molecule has 1 aliphatic rings. The van der Waals surface area contributed by atoms with Crippen molar-refractivity contribution in [1.82, 2.24) is 4.90 Å². The summed E-state index contributed by atoms with van der Waals surface area (Å²) in [5.41, 5.74) is -0.00734. The van der Waals surface area contributed by atoms with Gasteiger partial charge in [-0.25, -0.2) is 4.39 Å². The molecule has 0 radical (unpaired) electrons. The van der Waals surface area contributed by atoms with E-state index in [2.05, 4.69) is 0 Å². The van der Waals surface area contributed by atoms with Crippen molar-refractivity contribution in [3.63, 3.8) is 0 Å². The Balaban J connectivity index is 1.59. The molecule has 2 aromatic rings. The molecule has 0 unspecified atom stereocenters. The molecule has 2 aromatic carbocycles. The zero-order valence-corrected chi connectivity index (χ0v) is 13.7. The summed E-state index contributed by atoms with van der Waals surface area (Å²) >= 11 is 5.84. The van der Waals surface area contributed by atoms with Crippen molar-refractivity contribution >= 4 is 17.5 Å². The van der Waals surface area contributed by atoms with Crippen molar-refractivity contribution < 1.29 is 19.0 Å². The average molecular weight is 350 g/mol. The van der Waals surface area contributed by atoms with Crippen LogP contribution in [0.15, 0.2) is 42.5 Å². The highest BCUT2D eigenvalue weighted by Gasteiger charge is 2.26. The van der Waals surface area contributed by atoms with E-state index in [4.69, 9.17) is 16.3 Å². The van der Waals surface area contributed by atoms with Crippen molar-refractivity contribution in [2.24, 2.45) is 0 Å². The minimum Gasteiger partial charge on any atom is -0.507 e. The van der Waals surface area contributed by atoms with Crippen LogP contribution in [0, 0.1) is 5.82 Å². The molecular weight excluding hydrogens is 333 g/mol. The standard InChI is InChI=1S/C18H17ClFNO3/c19-12-1-4-14(5-2-12)24-15-7-9-21(10-8-15)18(23)16-11-13(20)3-6-17(16)22/h1-6,11,15,22H,7-10H2. The molecule has 1 N–H and O–H groups in total. The second-order valence-electron chi connectivity index (χ2n) is 5.72. The zero-order chi connectivity index (χ0) is 17.1. The minimum absolute atomic E-state index is 0.00734. The van der Waals surface area contributed by atoms with E-state index in [-0.39, 0.29) is 23.3 Å². The second-order valence-corrected chi connectivity index (χ2v) is 6.16. The number of hydrogen-bond donors (Lipinski definition) is 1. The number of halogens is 2. The molecule has 3 rings (SSSR count). The number of phenols is 1. The Morgan fingerprint density at radius 3 is 2.50 bits per heavy atom. The number of nitrogens with zero attached hydrogens (tertiary/aromatic N) is 1. The molecule has 4 nitrogen and oxygen atoms in total. The smallest absolute Gasteiger partial charge is 0.257 e. The molecule has 0 spiro atoms. The lowest BCUT2D eigenvalue weighted by Gasteiger charge is -2.32. The first-order valence-electron chi connectivity index (χ1n) is 7.73. The summed E-state index contributed by atoms with van der Waals surface area (Å²) in [6, 6.07) is 10.5. The van der Waals surface area contributed by atoms with Crippen LogP contribution >= 0.6 is 11.6 Å². The quantitative estimate of drug-likeness (QED) is 0.915. The maximum Gasteiger partial charge on any atom is 0.257 e. The van der Waals surface area contributed by atoms with E-state index in [1.54, 1.807) is 17.0 Å². The molecule has 1 saturated heterocycles. The Bertz CT molecular complexity index is 728. The van der Waals surface area contributed by atoms with Gasteiger partial charge in [-0.2, -0.15) is 0 Å². The van der Waals surface area contributed by atoms with Gasteiger partial charge in [0.25, 0.3) is 5.91 Å². The number of carbonyl (C=O) groups excluding carboxylic acids is 1. The topological polar surface area (TPSA) is 49.8 Å². The fraction of sp³-hybridized carbons (Fsp3) is 0.278. The molecule has 6 heteroatoms. The van der Waals surface area contributed by atoms with Crippen LogP contribution in [0.2, 0.25) is 5.02 Å². The molecule has 0 atom stereocenters. The molecule has 0 saturated carbocycles. The van der Waals surface area contributed by atoms with E-state index in [9.17, 15) is 14.3 Å². The fourth-order valence-electron chi connectivity index (χ4n) is 2.73. The minimum atomic E-state index is -0.544. The lowest BCUT2D eigenvalue weighted by Crippen LogP contribution is -2.41. The number of hydrogen-bond acceptors (Lipinski definition) is 3. The number of aromatic hydroxyl groups is 1. The van der Waals surface area contributed by atoms with Gasteiger partial charge in [0.05, 0.1) is 5.56 Å². The average Bonchev–Trinajstić information content (AvgIpc) is 2.59. The van der Waals surface area contributed by atoms with Crippen LogP contribution in [0.4, 0.5) is 4.39 Å². The first-order valence-corrected chi connectivity index (χ1v) is 8.11. The molecule has 0 aromatic heterocycles. The Hall–Kier alpha value is -2.27. The summed E-state index contributed by atoms with van der Waals surface area (Å²) in [7, 11) is 0. The molecular formula is C18H17ClFNO3.